The normalized spacial score (nSPS) is 12.1. The third-order valence-corrected chi connectivity index (χ3v) is 7.55. The van der Waals surface area contributed by atoms with Gasteiger partial charge in [-0.3, -0.25) is 9.59 Å². The quantitative estimate of drug-likeness (QED) is 0.479. The van der Waals surface area contributed by atoms with Gasteiger partial charge in [0.1, 0.15) is 28.3 Å². The van der Waals surface area contributed by atoms with Crippen molar-refractivity contribution in [1.29, 1.82) is 0 Å². The molecule has 32 heavy (non-hydrogen) atoms. The van der Waals surface area contributed by atoms with E-state index in [4.69, 9.17) is 14.2 Å². The van der Waals surface area contributed by atoms with E-state index in [1.165, 1.54) is 57.1 Å². The molecule has 1 heterocycles. The van der Waals surface area contributed by atoms with Crippen molar-refractivity contribution in [2.75, 3.05) is 27.1 Å². The van der Waals surface area contributed by atoms with Crippen molar-refractivity contribution in [2.45, 2.75) is 18.4 Å². The van der Waals surface area contributed by atoms with Crippen LogP contribution >= 0.6 is 11.3 Å². The van der Waals surface area contributed by atoms with Gasteiger partial charge in [0.2, 0.25) is 0 Å². The van der Waals surface area contributed by atoms with Crippen molar-refractivity contribution >= 4 is 43.3 Å². The molecule has 0 radical (unpaired) electrons. The number of rotatable bonds is 7. The molecule has 2 aromatic carbocycles. The van der Waals surface area contributed by atoms with Gasteiger partial charge in [-0.1, -0.05) is 24.3 Å². The maximum atomic E-state index is 12.9. The predicted molar refractivity (Wildman–Crippen MR) is 119 cm³/mol. The Morgan fingerprint density at radius 1 is 1.06 bits per heavy atom. The Balaban J connectivity index is 2.23. The maximum absolute atomic E-state index is 12.9. The van der Waals surface area contributed by atoms with Crippen molar-refractivity contribution in [3.63, 3.8) is 0 Å². The number of hydrogen-bond donors (Lipinski definition) is 0. The van der Waals surface area contributed by atoms with Crippen LogP contribution in [0.5, 0.6) is 11.5 Å². The van der Waals surface area contributed by atoms with Crippen LogP contribution in [0.2, 0.25) is 0 Å². The Morgan fingerprint density at radius 2 is 1.75 bits per heavy atom. The average molecular weight is 479 g/mol. The summed E-state index contributed by atoms with van der Waals surface area (Å²) in [6.07, 6.45) is 0. The zero-order valence-corrected chi connectivity index (χ0v) is 19.6. The van der Waals surface area contributed by atoms with E-state index in [1.54, 1.807) is 12.1 Å². The highest BCUT2D eigenvalue weighted by Gasteiger charge is 2.19. The highest BCUT2D eigenvalue weighted by molar-refractivity contribution is 7.91. The molecule has 1 amide bonds. The van der Waals surface area contributed by atoms with E-state index >= 15 is 0 Å². The van der Waals surface area contributed by atoms with Gasteiger partial charge in [-0.05, 0) is 30.3 Å². The average Bonchev–Trinajstić information content (AvgIpc) is 3.16. The summed E-state index contributed by atoms with van der Waals surface area (Å²) in [6.45, 7) is 1.32. The minimum Gasteiger partial charge on any atom is -0.495 e. The van der Waals surface area contributed by atoms with E-state index < -0.39 is 21.7 Å². The van der Waals surface area contributed by atoms with Gasteiger partial charge in [0.05, 0.1) is 32.0 Å². The molecule has 3 aromatic rings. The van der Waals surface area contributed by atoms with Crippen molar-refractivity contribution in [3.05, 3.63) is 46.8 Å². The molecule has 0 N–H and O–H groups in total. The number of aromatic nitrogens is 1. The molecule has 0 saturated heterocycles. The first-order chi connectivity index (χ1) is 15.2. The summed E-state index contributed by atoms with van der Waals surface area (Å²) in [6, 6.07) is 9.10. The number of sulfone groups is 1. The van der Waals surface area contributed by atoms with E-state index in [2.05, 4.69) is 4.99 Å². The van der Waals surface area contributed by atoms with Crippen LogP contribution in [0.3, 0.4) is 0 Å². The van der Waals surface area contributed by atoms with E-state index in [0.717, 1.165) is 11.3 Å². The molecule has 1 aromatic heterocycles. The molecular formula is C21H22N2O7S2. The second-order valence-electron chi connectivity index (χ2n) is 6.54. The molecule has 0 fully saturated rings. The van der Waals surface area contributed by atoms with Crippen LogP contribution in [0.1, 0.15) is 17.3 Å². The standard InChI is InChI=1S/C21H22N2O7S2/c1-5-32(26,27)14-8-6-7-13(11-14)20(25)22-21-23(12-17(24)30-4)18-15(28-2)9-10-16(29-3)19(18)31-21/h6-11H,5,12H2,1-4H3. The van der Waals surface area contributed by atoms with Crippen LogP contribution in [0, 0.1) is 0 Å². The van der Waals surface area contributed by atoms with Crippen LogP contribution in [-0.4, -0.2) is 51.9 Å². The summed E-state index contributed by atoms with van der Waals surface area (Å²) in [4.78, 5) is 29.4. The lowest BCUT2D eigenvalue weighted by Gasteiger charge is -2.09. The molecule has 170 valence electrons. The molecule has 3 rings (SSSR count). The zero-order chi connectivity index (χ0) is 23.5. The van der Waals surface area contributed by atoms with Gasteiger partial charge in [-0.15, -0.1) is 0 Å². The molecule has 0 bridgehead atoms. The molecule has 0 saturated carbocycles. The van der Waals surface area contributed by atoms with Gasteiger partial charge < -0.3 is 18.8 Å². The summed E-state index contributed by atoms with van der Waals surface area (Å²) in [5.41, 5.74) is 0.636. The van der Waals surface area contributed by atoms with Gasteiger partial charge in [-0.25, -0.2) is 8.42 Å². The van der Waals surface area contributed by atoms with E-state index in [0.29, 0.717) is 21.7 Å². The van der Waals surface area contributed by atoms with E-state index in [-0.39, 0.29) is 27.6 Å². The minimum atomic E-state index is -3.48. The van der Waals surface area contributed by atoms with Crippen molar-refractivity contribution in [1.82, 2.24) is 4.57 Å². The number of benzene rings is 2. The van der Waals surface area contributed by atoms with Crippen molar-refractivity contribution < 1.29 is 32.2 Å². The fourth-order valence-electron chi connectivity index (χ4n) is 3.02. The maximum Gasteiger partial charge on any atom is 0.325 e. The van der Waals surface area contributed by atoms with Gasteiger partial charge in [0.25, 0.3) is 5.91 Å². The Hall–Kier alpha value is -3.18. The first-order valence-electron chi connectivity index (χ1n) is 9.48. The molecule has 0 atom stereocenters. The predicted octanol–water partition coefficient (Wildman–Crippen LogP) is 2.43. The second-order valence-corrected chi connectivity index (χ2v) is 9.80. The van der Waals surface area contributed by atoms with E-state index in [9.17, 15) is 18.0 Å². The van der Waals surface area contributed by atoms with Gasteiger partial charge in [0, 0.05) is 5.56 Å². The van der Waals surface area contributed by atoms with Gasteiger partial charge in [0.15, 0.2) is 14.6 Å². The van der Waals surface area contributed by atoms with Crippen LogP contribution < -0.4 is 14.3 Å². The van der Waals surface area contributed by atoms with Crippen LogP contribution in [-0.2, 0) is 25.9 Å². The molecule has 0 aliphatic rings. The van der Waals surface area contributed by atoms with Crippen LogP contribution in [0.25, 0.3) is 10.2 Å². The Morgan fingerprint density at radius 3 is 2.38 bits per heavy atom. The first kappa shape index (κ1) is 23.5. The lowest BCUT2D eigenvalue weighted by atomic mass is 10.2. The summed E-state index contributed by atoms with van der Waals surface area (Å²) in [7, 11) is 0.773. The molecule has 0 aliphatic carbocycles. The topological polar surface area (TPSA) is 113 Å². The number of nitrogens with zero attached hydrogens (tertiary/aromatic N) is 2. The molecule has 0 aliphatic heterocycles. The number of amides is 1. The first-order valence-corrected chi connectivity index (χ1v) is 12.0. The summed E-state index contributed by atoms with van der Waals surface area (Å²) >= 11 is 1.14. The number of esters is 1. The monoisotopic (exact) mass is 478 g/mol. The molecule has 0 unspecified atom stereocenters. The van der Waals surface area contributed by atoms with Crippen LogP contribution in [0.4, 0.5) is 0 Å². The van der Waals surface area contributed by atoms with Crippen molar-refractivity contribution in [2.24, 2.45) is 4.99 Å². The lowest BCUT2D eigenvalue weighted by molar-refractivity contribution is -0.141. The fourth-order valence-corrected chi connectivity index (χ4v) is 5.08. The molecular weight excluding hydrogens is 456 g/mol. The Kier molecular flexibility index (Phi) is 6.99. The lowest BCUT2D eigenvalue weighted by Crippen LogP contribution is -2.22. The molecule has 9 nitrogen and oxygen atoms in total. The Labute approximate surface area is 188 Å². The highest BCUT2D eigenvalue weighted by atomic mass is 32.2. The number of hydrogen-bond acceptors (Lipinski definition) is 8. The Bertz CT molecular complexity index is 1350. The second kappa shape index (κ2) is 9.53. The summed E-state index contributed by atoms with van der Waals surface area (Å²) < 4.78 is 42.1. The number of methoxy groups -OCH3 is 3. The van der Waals surface area contributed by atoms with Crippen LogP contribution in [0.15, 0.2) is 46.3 Å². The minimum absolute atomic E-state index is 0.0446. The third-order valence-electron chi connectivity index (χ3n) is 4.72. The fraction of sp³-hybridized carbons (Fsp3) is 0.286. The van der Waals surface area contributed by atoms with Crippen molar-refractivity contribution in [3.8, 4) is 11.5 Å². The number of thiazole rings is 1. The SMILES string of the molecule is CCS(=O)(=O)c1cccc(C(=O)N=c2sc3c(OC)ccc(OC)c3n2CC(=O)OC)c1. The largest absolute Gasteiger partial charge is 0.495 e. The number of fused-ring (bicyclic) bond motifs is 1. The third kappa shape index (κ3) is 4.53. The number of ether oxygens (including phenoxy) is 3. The van der Waals surface area contributed by atoms with Gasteiger partial charge >= 0.3 is 5.97 Å². The molecule has 0 spiro atoms. The highest BCUT2D eigenvalue weighted by Crippen LogP contribution is 2.35. The summed E-state index contributed by atoms with van der Waals surface area (Å²) in [5.74, 6) is -0.294. The summed E-state index contributed by atoms with van der Waals surface area (Å²) in [5, 5.41) is 0. The van der Waals surface area contributed by atoms with Gasteiger partial charge in [-0.2, -0.15) is 4.99 Å². The zero-order valence-electron chi connectivity index (χ0n) is 17.9. The number of carbonyl (C=O) groups is 2. The smallest absolute Gasteiger partial charge is 0.325 e. The number of carbonyl (C=O) groups excluding carboxylic acids is 2. The van der Waals surface area contributed by atoms with E-state index in [1.807, 2.05) is 0 Å². The molecule has 11 heteroatoms.